The Morgan fingerprint density at radius 3 is 2.67 bits per heavy atom. The first kappa shape index (κ1) is 15.5. The first-order valence-electron chi connectivity index (χ1n) is 7.51. The van der Waals surface area contributed by atoms with E-state index in [1.807, 2.05) is 23.6 Å². The van der Waals surface area contributed by atoms with Gasteiger partial charge in [-0.15, -0.1) is 23.1 Å². The molecule has 0 radical (unpaired) electrons. The Kier molecular flexibility index (Phi) is 4.40. The van der Waals surface area contributed by atoms with E-state index in [2.05, 4.69) is 4.98 Å². The van der Waals surface area contributed by atoms with Crippen LogP contribution < -0.4 is 9.47 Å². The Labute approximate surface area is 147 Å². The van der Waals surface area contributed by atoms with Gasteiger partial charge in [-0.3, -0.25) is 0 Å². The zero-order valence-corrected chi connectivity index (χ0v) is 14.3. The average molecular weight is 359 g/mol. The molecule has 0 atom stereocenters. The van der Waals surface area contributed by atoms with E-state index in [-0.39, 0.29) is 5.82 Å². The molecule has 3 nitrogen and oxygen atoms in total. The summed E-state index contributed by atoms with van der Waals surface area (Å²) in [5.74, 6) is 2.15. The fourth-order valence-corrected chi connectivity index (χ4v) is 4.12. The smallest absolute Gasteiger partial charge is 0.162 e. The molecule has 122 valence electrons. The van der Waals surface area contributed by atoms with Crippen LogP contribution >= 0.6 is 23.1 Å². The molecule has 6 heteroatoms. The Bertz CT molecular complexity index is 848. The number of aromatic nitrogens is 1. The average Bonchev–Trinajstić information content (AvgIpc) is 3.09. The second-order valence-electron chi connectivity index (χ2n) is 5.25. The van der Waals surface area contributed by atoms with Crippen molar-refractivity contribution in [2.75, 3.05) is 13.2 Å². The summed E-state index contributed by atoms with van der Waals surface area (Å²) in [4.78, 5) is 5.75. The molecule has 4 rings (SSSR count). The van der Waals surface area contributed by atoms with Gasteiger partial charge in [0, 0.05) is 21.6 Å². The van der Waals surface area contributed by atoms with Crippen LogP contribution in [0.25, 0.3) is 10.6 Å². The number of rotatable bonds is 4. The van der Waals surface area contributed by atoms with Crippen molar-refractivity contribution in [1.82, 2.24) is 4.98 Å². The molecule has 3 aromatic rings. The molecule has 0 saturated heterocycles. The highest BCUT2D eigenvalue weighted by Crippen LogP contribution is 2.35. The normalized spacial score (nSPS) is 13.0. The van der Waals surface area contributed by atoms with E-state index in [1.54, 1.807) is 35.2 Å². The maximum absolute atomic E-state index is 13.0. The van der Waals surface area contributed by atoms with Gasteiger partial charge in [-0.05, 0) is 42.5 Å². The van der Waals surface area contributed by atoms with E-state index in [9.17, 15) is 4.39 Å². The third kappa shape index (κ3) is 3.39. The van der Waals surface area contributed by atoms with Crippen LogP contribution in [0.15, 0.2) is 52.7 Å². The van der Waals surface area contributed by atoms with Crippen molar-refractivity contribution in [3.63, 3.8) is 0 Å². The number of fused-ring (bicyclic) bond motifs is 1. The van der Waals surface area contributed by atoms with Crippen LogP contribution in [-0.4, -0.2) is 18.2 Å². The fraction of sp³-hybridized carbons (Fsp3) is 0.167. The number of nitrogens with zero attached hydrogens (tertiary/aromatic N) is 1. The number of halogens is 1. The second-order valence-corrected chi connectivity index (χ2v) is 7.15. The predicted octanol–water partition coefficient (Wildman–Crippen LogP) is 5.01. The van der Waals surface area contributed by atoms with Crippen LogP contribution in [0.5, 0.6) is 11.5 Å². The zero-order chi connectivity index (χ0) is 16.4. The molecule has 2 heterocycles. The highest BCUT2D eigenvalue weighted by atomic mass is 32.2. The topological polar surface area (TPSA) is 31.4 Å². The highest BCUT2D eigenvalue weighted by Gasteiger charge is 2.12. The van der Waals surface area contributed by atoms with Crippen molar-refractivity contribution in [2.24, 2.45) is 0 Å². The number of ether oxygens (including phenoxy) is 2. The monoisotopic (exact) mass is 359 g/mol. The lowest BCUT2D eigenvalue weighted by Crippen LogP contribution is -2.15. The zero-order valence-electron chi connectivity index (χ0n) is 12.7. The number of benzene rings is 2. The molecule has 0 spiro atoms. The van der Waals surface area contributed by atoms with E-state index in [1.165, 1.54) is 12.1 Å². The van der Waals surface area contributed by atoms with Crippen LogP contribution in [0.1, 0.15) is 5.69 Å². The molecule has 2 aromatic carbocycles. The lowest BCUT2D eigenvalue weighted by Gasteiger charge is -2.18. The van der Waals surface area contributed by atoms with Crippen LogP contribution in [0.4, 0.5) is 4.39 Å². The summed E-state index contributed by atoms with van der Waals surface area (Å²) in [6.45, 7) is 1.19. The number of hydrogen-bond acceptors (Lipinski definition) is 5. The van der Waals surface area contributed by atoms with Gasteiger partial charge in [0.1, 0.15) is 24.0 Å². The summed E-state index contributed by atoms with van der Waals surface area (Å²) in [6, 6.07) is 12.4. The van der Waals surface area contributed by atoms with Crippen LogP contribution in [0.3, 0.4) is 0 Å². The van der Waals surface area contributed by atoms with E-state index in [0.29, 0.717) is 13.2 Å². The largest absolute Gasteiger partial charge is 0.486 e. The summed E-state index contributed by atoms with van der Waals surface area (Å²) in [5.41, 5.74) is 1.95. The second kappa shape index (κ2) is 6.83. The fourth-order valence-electron chi connectivity index (χ4n) is 2.37. The van der Waals surface area contributed by atoms with Crippen molar-refractivity contribution < 1.29 is 13.9 Å². The van der Waals surface area contributed by atoms with Crippen molar-refractivity contribution in [3.05, 3.63) is 59.4 Å². The van der Waals surface area contributed by atoms with Crippen molar-refractivity contribution in [2.45, 2.75) is 10.6 Å². The molecule has 24 heavy (non-hydrogen) atoms. The van der Waals surface area contributed by atoms with E-state index in [0.717, 1.165) is 38.4 Å². The van der Waals surface area contributed by atoms with Crippen LogP contribution in [0.2, 0.25) is 0 Å². The molecule has 0 fully saturated rings. The van der Waals surface area contributed by atoms with Crippen LogP contribution in [0, 0.1) is 5.82 Å². The quantitative estimate of drug-likeness (QED) is 0.613. The maximum atomic E-state index is 13.0. The summed E-state index contributed by atoms with van der Waals surface area (Å²) < 4.78 is 24.1. The first-order chi connectivity index (χ1) is 11.8. The van der Waals surface area contributed by atoms with Gasteiger partial charge in [0.25, 0.3) is 0 Å². The maximum Gasteiger partial charge on any atom is 0.162 e. The van der Waals surface area contributed by atoms with Gasteiger partial charge in [0.2, 0.25) is 0 Å². The number of thioether (sulfide) groups is 1. The molecule has 0 bridgehead atoms. The van der Waals surface area contributed by atoms with Gasteiger partial charge in [0.05, 0.1) is 5.69 Å². The Hall–Kier alpha value is -2.05. The molecule has 1 aliphatic rings. The van der Waals surface area contributed by atoms with Gasteiger partial charge >= 0.3 is 0 Å². The molecule has 0 amide bonds. The van der Waals surface area contributed by atoms with E-state index >= 15 is 0 Å². The van der Waals surface area contributed by atoms with Gasteiger partial charge < -0.3 is 9.47 Å². The molecular weight excluding hydrogens is 345 g/mol. The molecule has 0 aliphatic carbocycles. The standard InChI is InChI=1S/C18H14FNO2S2/c19-13-3-1-12(2-4-13)18-20-14(11-24-18)10-23-15-5-6-16-17(9-15)22-8-7-21-16/h1-6,9,11H,7-8,10H2. The molecule has 0 N–H and O–H groups in total. The SMILES string of the molecule is Fc1ccc(-c2nc(CSc3ccc4c(c3)OCCO4)cs2)cc1. The van der Waals surface area contributed by atoms with Crippen molar-refractivity contribution in [1.29, 1.82) is 0 Å². The number of thiazole rings is 1. The summed E-state index contributed by atoms with van der Waals surface area (Å²) in [6.07, 6.45) is 0. The summed E-state index contributed by atoms with van der Waals surface area (Å²) >= 11 is 3.28. The summed E-state index contributed by atoms with van der Waals surface area (Å²) in [5, 5.41) is 2.96. The molecule has 1 aromatic heterocycles. The minimum atomic E-state index is -0.232. The van der Waals surface area contributed by atoms with Gasteiger partial charge in [-0.2, -0.15) is 0 Å². The predicted molar refractivity (Wildman–Crippen MR) is 94.5 cm³/mol. The highest BCUT2D eigenvalue weighted by molar-refractivity contribution is 7.98. The molecule has 1 aliphatic heterocycles. The van der Waals surface area contributed by atoms with E-state index in [4.69, 9.17) is 9.47 Å². The minimum Gasteiger partial charge on any atom is -0.486 e. The summed E-state index contributed by atoms with van der Waals surface area (Å²) in [7, 11) is 0. The van der Waals surface area contributed by atoms with Crippen molar-refractivity contribution >= 4 is 23.1 Å². The van der Waals surface area contributed by atoms with Crippen LogP contribution in [-0.2, 0) is 5.75 Å². The van der Waals surface area contributed by atoms with Crippen molar-refractivity contribution in [3.8, 4) is 22.1 Å². The molecule has 0 saturated carbocycles. The lowest BCUT2D eigenvalue weighted by molar-refractivity contribution is 0.171. The van der Waals surface area contributed by atoms with E-state index < -0.39 is 0 Å². The van der Waals surface area contributed by atoms with Gasteiger partial charge in [0.15, 0.2) is 11.5 Å². The van der Waals surface area contributed by atoms with Gasteiger partial charge in [-0.25, -0.2) is 9.37 Å². The molecule has 0 unspecified atom stereocenters. The Balaban J connectivity index is 1.44. The van der Waals surface area contributed by atoms with Gasteiger partial charge in [-0.1, -0.05) is 0 Å². The minimum absolute atomic E-state index is 0.232. The molecular formula is C18H14FNO2S2. The lowest BCUT2D eigenvalue weighted by atomic mass is 10.2. The third-order valence-corrected chi connectivity index (χ3v) is 5.51. The Morgan fingerprint density at radius 1 is 1.04 bits per heavy atom. The number of hydrogen-bond donors (Lipinski definition) is 0. The third-order valence-electron chi connectivity index (χ3n) is 3.54. The first-order valence-corrected chi connectivity index (χ1v) is 9.37. The Morgan fingerprint density at radius 2 is 1.83 bits per heavy atom.